The zero-order valence-electron chi connectivity index (χ0n) is 10.1. The number of nitrogens with one attached hydrogen (secondary N) is 1. The van der Waals surface area contributed by atoms with Gasteiger partial charge in [-0.2, -0.15) is 0 Å². The molecule has 0 amide bonds. The first-order valence-electron chi connectivity index (χ1n) is 5.32. The minimum atomic E-state index is -0.818. The minimum absolute atomic E-state index is 0.465. The van der Waals surface area contributed by atoms with Gasteiger partial charge in [-0.15, -0.1) is 0 Å². The van der Waals surface area contributed by atoms with Crippen molar-refractivity contribution in [2.24, 2.45) is 5.41 Å². The fraction of sp³-hybridized carbons (Fsp3) is 1.00. The summed E-state index contributed by atoms with van der Waals surface area (Å²) in [5, 5.41) is 5.48. The molecule has 90 valence electrons. The molecule has 2 aliphatic heterocycles. The fourth-order valence-electron chi connectivity index (χ4n) is 2.57. The van der Waals surface area contributed by atoms with E-state index in [2.05, 4.69) is 30.4 Å². The Labute approximate surface area is 100 Å². The van der Waals surface area contributed by atoms with Crippen LogP contribution in [-0.4, -0.2) is 64.4 Å². The number of hydroxylamine groups is 2. The maximum absolute atomic E-state index is 5.39. The van der Waals surface area contributed by atoms with Crippen molar-refractivity contribution in [2.45, 2.75) is 6.04 Å². The molecule has 0 aromatic heterocycles. The number of likely N-dealkylation sites (N-methyl/N-ethyl adjacent to an activating group) is 1. The number of rotatable bonds is 3. The van der Waals surface area contributed by atoms with Crippen LogP contribution in [0.25, 0.3) is 0 Å². The van der Waals surface area contributed by atoms with Crippen LogP contribution < -0.4 is 5.32 Å². The zero-order chi connectivity index (χ0) is 11.1. The van der Waals surface area contributed by atoms with Crippen LogP contribution in [0.2, 0.25) is 0 Å². The van der Waals surface area contributed by atoms with Gasteiger partial charge in [0.15, 0.2) is 0 Å². The van der Waals surface area contributed by atoms with Crippen molar-refractivity contribution in [3.8, 4) is 0 Å². The molecule has 0 aromatic rings. The molecular formula is C10H22IN3O. The molecule has 4 nitrogen and oxygen atoms in total. The molecular weight excluding hydrogens is 305 g/mol. The second-order valence-corrected chi connectivity index (χ2v) is 10.2. The van der Waals surface area contributed by atoms with E-state index in [0.717, 1.165) is 13.1 Å². The van der Waals surface area contributed by atoms with Crippen molar-refractivity contribution in [1.82, 2.24) is 13.5 Å². The normalized spacial score (nSPS) is 31.0. The number of nitrogens with zero attached hydrogens (tertiary/aromatic N) is 2. The Kier molecular flexibility index (Phi) is 3.57. The van der Waals surface area contributed by atoms with Crippen molar-refractivity contribution in [3.63, 3.8) is 0 Å². The van der Waals surface area contributed by atoms with E-state index in [1.54, 1.807) is 7.11 Å². The molecule has 1 unspecified atom stereocenters. The van der Waals surface area contributed by atoms with Crippen LogP contribution in [0.15, 0.2) is 0 Å². The van der Waals surface area contributed by atoms with Gasteiger partial charge in [0, 0.05) is 0 Å². The van der Waals surface area contributed by atoms with E-state index in [0.29, 0.717) is 11.5 Å². The van der Waals surface area contributed by atoms with Crippen LogP contribution in [0, 0.1) is 5.41 Å². The number of alkyl halides is 2. The molecule has 15 heavy (non-hydrogen) atoms. The van der Waals surface area contributed by atoms with Crippen molar-refractivity contribution in [3.05, 3.63) is 0 Å². The standard InChI is InChI=1S/C10H22IN3O/c1-11(2)14-5-9(13(3)15-4)10(8-14)6-12-7-10/h9,12H,5-8H2,1-4H3. The Morgan fingerprint density at radius 1 is 1.47 bits per heavy atom. The van der Waals surface area contributed by atoms with E-state index in [1.807, 2.05) is 0 Å². The molecule has 5 heteroatoms. The van der Waals surface area contributed by atoms with Crippen LogP contribution in [0.1, 0.15) is 0 Å². The summed E-state index contributed by atoms with van der Waals surface area (Å²) in [5.74, 6) is 0. The monoisotopic (exact) mass is 327 g/mol. The quantitative estimate of drug-likeness (QED) is 0.352. The van der Waals surface area contributed by atoms with E-state index in [-0.39, 0.29) is 0 Å². The summed E-state index contributed by atoms with van der Waals surface area (Å²) >= 11 is -0.818. The molecule has 0 aliphatic carbocycles. The van der Waals surface area contributed by atoms with Gasteiger partial charge in [0.2, 0.25) is 0 Å². The Balaban J connectivity index is 2.08. The third-order valence-electron chi connectivity index (χ3n) is 3.72. The molecule has 2 saturated heterocycles. The van der Waals surface area contributed by atoms with Crippen molar-refractivity contribution in [1.29, 1.82) is 0 Å². The molecule has 0 saturated carbocycles. The Morgan fingerprint density at radius 2 is 2.13 bits per heavy atom. The van der Waals surface area contributed by atoms with Crippen LogP contribution >= 0.6 is 20.1 Å². The molecule has 2 fully saturated rings. The summed E-state index contributed by atoms with van der Waals surface area (Å²) in [6, 6.07) is 0.573. The summed E-state index contributed by atoms with van der Waals surface area (Å²) in [6.07, 6.45) is 0. The molecule has 0 radical (unpaired) electrons. The Hall–Kier alpha value is 0.570. The van der Waals surface area contributed by atoms with Crippen LogP contribution in [0.4, 0.5) is 0 Å². The number of halogens is 1. The maximum atomic E-state index is 5.39. The van der Waals surface area contributed by atoms with E-state index < -0.39 is 20.1 Å². The summed E-state index contributed by atoms with van der Waals surface area (Å²) in [7, 11) is 3.84. The van der Waals surface area contributed by atoms with Gasteiger partial charge in [-0.25, -0.2) is 0 Å². The van der Waals surface area contributed by atoms with Crippen LogP contribution in [0.3, 0.4) is 0 Å². The predicted molar refractivity (Wildman–Crippen MR) is 71.3 cm³/mol. The first-order valence-corrected chi connectivity index (χ1v) is 10.6. The third-order valence-corrected chi connectivity index (χ3v) is 7.19. The molecule has 0 bridgehead atoms. The first kappa shape index (κ1) is 12.0. The average Bonchev–Trinajstić information content (AvgIpc) is 2.56. The second kappa shape index (κ2) is 4.44. The molecule has 2 heterocycles. The molecule has 1 atom stereocenters. The molecule has 1 N–H and O–H groups in total. The summed E-state index contributed by atoms with van der Waals surface area (Å²) in [6.45, 7) is 4.79. The average molecular weight is 327 g/mol. The van der Waals surface area contributed by atoms with Gasteiger partial charge in [-0.05, 0) is 0 Å². The van der Waals surface area contributed by atoms with Crippen molar-refractivity contribution in [2.75, 3.05) is 50.2 Å². The Morgan fingerprint density at radius 3 is 2.53 bits per heavy atom. The van der Waals surface area contributed by atoms with Gasteiger partial charge in [0.1, 0.15) is 0 Å². The molecule has 2 aliphatic rings. The fourth-order valence-corrected chi connectivity index (χ4v) is 5.09. The summed E-state index contributed by atoms with van der Waals surface area (Å²) in [4.78, 5) is 10.2. The first-order chi connectivity index (χ1) is 7.09. The van der Waals surface area contributed by atoms with Gasteiger partial charge < -0.3 is 0 Å². The van der Waals surface area contributed by atoms with Gasteiger partial charge in [0.25, 0.3) is 0 Å². The molecule has 2 rings (SSSR count). The van der Waals surface area contributed by atoms with E-state index in [4.69, 9.17) is 4.84 Å². The van der Waals surface area contributed by atoms with Crippen molar-refractivity contribution >= 4 is 20.1 Å². The summed E-state index contributed by atoms with van der Waals surface area (Å²) < 4.78 is 2.71. The van der Waals surface area contributed by atoms with E-state index in [1.165, 1.54) is 13.1 Å². The van der Waals surface area contributed by atoms with Crippen LogP contribution in [0.5, 0.6) is 0 Å². The number of hydrogen-bond acceptors (Lipinski definition) is 4. The van der Waals surface area contributed by atoms with Crippen molar-refractivity contribution < 1.29 is 4.84 Å². The number of hydrogen-bond donors (Lipinski definition) is 1. The van der Waals surface area contributed by atoms with Gasteiger partial charge in [-0.1, -0.05) is 0 Å². The van der Waals surface area contributed by atoms with Gasteiger partial charge in [0.05, 0.1) is 0 Å². The summed E-state index contributed by atoms with van der Waals surface area (Å²) in [5.41, 5.74) is 0.465. The van der Waals surface area contributed by atoms with E-state index >= 15 is 0 Å². The topological polar surface area (TPSA) is 27.7 Å². The SMILES string of the molecule is CON(C)C1CN(I(C)C)CC12CNC2. The zero-order valence-corrected chi connectivity index (χ0v) is 12.2. The molecule has 0 aromatic carbocycles. The predicted octanol–water partition coefficient (Wildman–Crippen LogP) is 0.434. The third kappa shape index (κ3) is 2.04. The Bertz CT molecular complexity index is 233. The van der Waals surface area contributed by atoms with Crippen LogP contribution in [-0.2, 0) is 4.84 Å². The van der Waals surface area contributed by atoms with Gasteiger partial charge in [-0.3, -0.25) is 0 Å². The van der Waals surface area contributed by atoms with Gasteiger partial charge >= 0.3 is 100 Å². The second-order valence-electron chi connectivity index (χ2n) is 4.73. The van der Waals surface area contributed by atoms with E-state index in [9.17, 15) is 0 Å². The molecule has 1 spiro atoms.